The molecule has 9 heteroatoms. The first-order chi connectivity index (χ1) is 9.87. The summed E-state index contributed by atoms with van der Waals surface area (Å²) in [5, 5.41) is 8.77. The average molecular weight is 452 g/mol. The molecule has 0 bridgehead atoms. The number of hydrogen-bond donors (Lipinski definition) is 1. The normalized spacial score (nSPS) is 11.0. The van der Waals surface area contributed by atoms with E-state index >= 15 is 0 Å². The van der Waals surface area contributed by atoms with Gasteiger partial charge >= 0.3 is 0 Å². The van der Waals surface area contributed by atoms with E-state index in [-0.39, 0.29) is 4.21 Å². The number of nitriles is 1. The predicted octanol–water partition coefficient (Wildman–Crippen LogP) is 3.95. The summed E-state index contributed by atoms with van der Waals surface area (Å²) in [4.78, 5) is 0.336. The second kappa shape index (κ2) is 6.36. The first-order valence-electron chi connectivity index (χ1n) is 5.43. The van der Waals surface area contributed by atoms with Gasteiger partial charge in [0.15, 0.2) is 0 Å². The Hall–Kier alpha value is -1.08. The fraction of sp³-hybridized carbons (Fsp3) is 0.0833. The van der Waals surface area contributed by atoms with Crippen molar-refractivity contribution in [3.63, 3.8) is 0 Å². The molecule has 0 atom stereocenters. The van der Waals surface area contributed by atoms with E-state index in [1.165, 1.54) is 19.2 Å². The second-order valence-corrected chi connectivity index (χ2v) is 8.50. The van der Waals surface area contributed by atoms with E-state index in [4.69, 9.17) is 10.00 Å². The van der Waals surface area contributed by atoms with Crippen molar-refractivity contribution in [3.05, 3.63) is 38.1 Å². The molecule has 0 spiro atoms. The highest BCUT2D eigenvalue weighted by atomic mass is 79.9. The summed E-state index contributed by atoms with van der Waals surface area (Å²) in [7, 11) is -2.26. The largest absolute Gasteiger partial charge is 0.495 e. The van der Waals surface area contributed by atoms with Gasteiger partial charge in [-0.15, -0.1) is 11.3 Å². The van der Waals surface area contributed by atoms with Crippen LogP contribution in [0, 0.1) is 11.3 Å². The quantitative estimate of drug-likeness (QED) is 0.762. The summed E-state index contributed by atoms with van der Waals surface area (Å²) in [5.41, 5.74) is 0.349. The molecule has 21 heavy (non-hydrogen) atoms. The number of thiophene rings is 1. The molecule has 2 rings (SSSR count). The summed E-state index contributed by atoms with van der Waals surface area (Å²) >= 11 is 7.52. The summed E-state index contributed by atoms with van der Waals surface area (Å²) in [6, 6.07) is 8.02. The highest BCUT2D eigenvalue weighted by Crippen LogP contribution is 2.36. The zero-order valence-electron chi connectivity index (χ0n) is 10.6. The summed E-state index contributed by atoms with van der Waals surface area (Å²) < 4.78 is 33.5. The van der Waals surface area contributed by atoms with Gasteiger partial charge in [-0.3, -0.25) is 4.72 Å². The Morgan fingerprint density at radius 2 is 2.00 bits per heavy atom. The van der Waals surface area contributed by atoms with E-state index in [2.05, 4.69) is 36.6 Å². The van der Waals surface area contributed by atoms with Gasteiger partial charge in [0, 0.05) is 10.5 Å². The van der Waals surface area contributed by atoms with Crippen molar-refractivity contribution in [2.75, 3.05) is 11.8 Å². The Morgan fingerprint density at radius 3 is 2.57 bits per heavy atom. The summed E-state index contributed by atoms with van der Waals surface area (Å²) in [5.74, 6) is 0.500. The van der Waals surface area contributed by atoms with E-state index in [9.17, 15) is 8.42 Å². The molecule has 0 aliphatic heterocycles. The lowest BCUT2D eigenvalue weighted by Gasteiger charge is -2.11. The molecule has 0 aliphatic rings. The first-order valence-corrected chi connectivity index (χ1v) is 9.31. The lowest BCUT2D eigenvalue weighted by molar-refractivity contribution is 0.412. The zero-order chi connectivity index (χ0) is 15.6. The molecule has 0 aliphatic carbocycles. The van der Waals surface area contributed by atoms with E-state index in [0.717, 1.165) is 11.3 Å². The molecule has 1 aromatic heterocycles. The SMILES string of the molecule is COc1cc(NS(=O)(=O)c2ccc(C#N)s2)c(Br)cc1Br. The molecule has 0 amide bonds. The first kappa shape index (κ1) is 16.3. The maximum Gasteiger partial charge on any atom is 0.271 e. The molecule has 0 saturated carbocycles. The molecule has 2 aromatic rings. The molecule has 0 radical (unpaired) electrons. The fourth-order valence-electron chi connectivity index (χ4n) is 1.48. The van der Waals surface area contributed by atoms with Gasteiger partial charge in [0.25, 0.3) is 10.0 Å². The van der Waals surface area contributed by atoms with Crippen molar-refractivity contribution < 1.29 is 13.2 Å². The molecule has 1 aromatic carbocycles. The molecule has 1 heterocycles. The van der Waals surface area contributed by atoms with E-state index in [1.54, 1.807) is 12.1 Å². The second-order valence-electron chi connectivity index (χ2n) is 3.80. The number of hydrogen-bond acceptors (Lipinski definition) is 5. The fourth-order valence-corrected chi connectivity index (χ4v) is 5.04. The highest BCUT2D eigenvalue weighted by molar-refractivity contribution is 9.11. The molecule has 0 saturated heterocycles. The minimum absolute atomic E-state index is 0.0767. The molecule has 0 unspecified atom stereocenters. The van der Waals surface area contributed by atoms with Crippen LogP contribution in [0.1, 0.15) is 4.88 Å². The number of sulfonamides is 1. The van der Waals surface area contributed by atoms with Crippen LogP contribution >= 0.6 is 43.2 Å². The van der Waals surface area contributed by atoms with Gasteiger partial charge in [-0.05, 0) is 50.1 Å². The number of benzene rings is 1. The summed E-state index contributed by atoms with van der Waals surface area (Å²) in [6.07, 6.45) is 0. The Balaban J connectivity index is 2.39. The molecular formula is C12H8Br2N2O3S2. The van der Waals surface area contributed by atoms with Gasteiger partial charge in [0.05, 0.1) is 17.3 Å². The van der Waals surface area contributed by atoms with Crippen LogP contribution < -0.4 is 9.46 Å². The van der Waals surface area contributed by atoms with Crippen molar-refractivity contribution in [3.8, 4) is 11.8 Å². The van der Waals surface area contributed by atoms with Crippen LogP contribution in [0.25, 0.3) is 0 Å². The number of rotatable bonds is 4. The highest BCUT2D eigenvalue weighted by Gasteiger charge is 2.19. The van der Waals surface area contributed by atoms with Gasteiger partial charge in [-0.25, -0.2) is 8.42 Å². The summed E-state index contributed by atoms with van der Waals surface area (Å²) in [6.45, 7) is 0. The van der Waals surface area contributed by atoms with Gasteiger partial charge in [0.1, 0.15) is 20.9 Å². The predicted molar refractivity (Wildman–Crippen MR) is 88.2 cm³/mol. The number of nitrogens with zero attached hydrogens (tertiary/aromatic N) is 1. The van der Waals surface area contributed by atoms with Crippen molar-refractivity contribution in [1.29, 1.82) is 5.26 Å². The maximum absolute atomic E-state index is 12.3. The van der Waals surface area contributed by atoms with Crippen molar-refractivity contribution >= 4 is 58.9 Å². The zero-order valence-corrected chi connectivity index (χ0v) is 15.4. The lowest BCUT2D eigenvalue weighted by Crippen LogP contribution is -2.12. The van der Waals surface area contributed by atoms with Gasteiger partial charge < -0.3 is 4.74 Å². The molecular weight excluding hydrogens is 444 g/mol. The van der Waals surface area contributed by atoms with Crippen LogP contribution in [-0.2, 0) is 10.0 Å². The Morgan fingerprint density at radius 1 is 1.29 bits per heavy atom. The van der Waals surface area contributed by atoms with Crippen LogP contribution in [0.2, 0.25) is 0 Å². The van der Waals surface area contributed by atoms with E-state index in [1.807, 2.05) is 6.07 Å². The third kappa shape index (κ3) is 3.58. The van der Waals surface area contributed by atoms with Crippen LogP contribution in [0.5, 0.6) is 5.75 Å². The van der Waals surface area contributed by atoms with Crippen LogP contribution in [0.4, 0.5) is 5.69 Å². The third-order valence-electron chi connectivity index (χ3n) is 2.44. The van der Waals surface area contributed by atoms with E-state index in [0.29, 0.717) is 25.3 Å². The Kier molecular flexibility index (Phi) is 4.93. The molecule has 0 fully saturated rings. The minimum atomic E-state index is -3.75. The third-order valence-corrected chi connectivity index (χ3v) is 6.57. The van der Waals surface area contributed by atoms with Crippen molar-refractivity contribution in [1.82, 2.24) is 0 Å². The van der Waals surface area contributed by atoms with Crippen molar-refractivity contribution in [2.24, 2.45) is 0 Å². The van der Waals surface area contributed by atoms with Crippen LogP contribution in [0.15, 0.2) is 37.4 Å². The van der Waals surface area contributed by atoms with Crippen LogP contribution in [0.3, 0.4) is 0 Å². The lowest BCUT2D eigenvalue weighted by atomic mass is 10.3. The Bertz CT molecular complexity index is 826. The molecule has 110 valence electrons. The molecule has 5 nitrogen and oxygen atoms in total. The smallest absolute Gasteiger partial charge is 0.271 e. The van der Waals surface area contributed by atoms with E-state index < -0.39 is 10.0 Å². The number of methoxy groups -OCH3 is 1. The average Bonchev–Trinajstić information content (AvgIpc) is 2.91. The van der Waals surface area contributed by atoms with Crippen LogP contribution in [-0.4, -0.2) is 15.5 Å². The van der Waals surface area contributed by atoms with Crippen molar-refractivity contribution in [2.45, 2.75) is 4.21 Å². The number of nitrogens with one attached hydrogen (secondary N) is 1. The Labute approximate surface area is 142 Å². The van der Waals surface area contributed by atoms with Gasteiger partial charge in [-0.1, -0.05) is 0 Å². The number of anilines is 1. The molecule has 1 N–H and O–H groups in total. The standard InChI is InChI=1S/C12H8Br2N2O3S2/c1-19-11-5-10(8(13)4-9(11)14)16-21(17,18)12-3-2-7(6-15)20-12/h2-5,16H,1H3. The monoisotopic (exact) mass is 450 g/mol. The maximum atomic E-state index is 12.3. The minimum Gasteiger partial charge on any atom is -0.495 e. The number of halogens is 2. The number of ether oxygens (including phenoxy) is 1. The van der Waals surface area contributed by atoms with Gasteiger partial charge in [-0.2, -0.15) is 5.26 Å². The topological polar surface area (TPSA) is 79.2 Å². The van der Waals surface area contributed by atoms with Gasteiger partial charge in [0.2, 0.25) is 0 Å².